The van der Waals surface area contributed by atoms with Crippen LogP contribution >= 0.6 is 0 Å². The van der Waals surface area contributed by atoms with E-state index < -0.39 is 0 Å². The van der Waals surface area contributed by atoms with Gasteiger partial charge in [0.15, 0.2) is 0 Å². The van der Waals surface area contributed by atoms with Gasteiger partial charge in [0.25, 0.3) is 0 Å². The molecule has 1 aliphatic carbocycles. The number of β-amino-alcohol motifs (C(OH)–C–C–N with tert-alkyl or cyclic N) is 1. The maximum Gasteiger partial charge on any atom is 0.0667 e. The molecule has 1 saturated carbocycles. The fraction of sp³-hybridized carbons (Fsp3) is 1.00. The largest absolute Gasteiger partial charge is 0.392 e. The van der Waals surface area contributed by atoms with E-state index in [9.17, 15) is 5.11 Å². The molecule has 0 radical (unpaired) electrons. The summed E-state index contributed by atoms with van der Waals surface area (Å²) in [6.07, 6.45) is 4.67. The van der Waals surface area contributed by atoms with Gasteiger partial charge in [0.2, 0.25) is 0 Å². The molecule has 3 nitrogen and oxygen atoms in total. The predicted molar refractivity (Wildman–Crippen MR) is 52.4 cm³/mol. The van der Waals surface area contributed by atoms with E-state index >= 15 is 0 Å². The number of likely N-dealkylation sites (tertiary alicyclic amines) is 1. The normalized spacial score (nSPS) is 33.2. The van der Waals surface area contributed by atoms with Crippen LogP contribution in [0.25, 0.3) is 0 Å². The van der Waals surface area contributed by atoms with Crippen LogP contribution in [-0.4, -0.2) is 41.8 Å². The van der Waals surface area contributed by atoms with Gasteiger partial charge in [-0.25, -0.2) is 0 Å². The quantitative estimate of drug-likeness (QED) is 0.658. The van der Waals surface area contributed by atoms with E-state index in [4.69, 9.17) is 5.73 Å². The third kappa shape index (κ3) is 2.22. The Morgan fingerprint density at radius 1 is 1.38 bits per heavy atom. The summed E-state index contributed by atoms with van der Waals surface area (Å²) in [5, 5.41) is 9.54. The Morgan fingerprint density at radius 3 is 2.69 bits per heavy atom. The van der Waals surface area contributed by atoms with Crippen molar-refractivity contribution in [3.05, 3.63) is 0 Å². The number of hydrogen-bond acceptors (Lipinski definition) is 3. The lowest BCUT2D eigenvalue weighted by Crippen LogP contribution is -2.48. The number of rotatable bonds is 3. The molecule has 2 rings (SSSR count). The third-order valence-corrected chi connectivity index (χ3v) is 3.30. The molecule has 1 heterocycles. The minimum absolute atomic E-state index is 0.110. The van der Waals surface area contributed by atoms with Gasteiger partial charge in [0.05, 0.1) is 6.10 Å². The van der Waals surface area contributed by atoms with Gasteiger partial charge in [-0.2, -0.15) is 0 Å². The Labute approximate surface area is 79.9 Å². The summed E-state index contributed by atoms with van der Waals surface area (Å²) in [6, 6.07) is 0.551. The lowest BCUT2D eigenvalue weighted by Gasteiger charge is -2.36. The second-order valence-corrected chi connectivity index (χ2v) is 4.43. The maximum absolute atomic E-state index is 9.54. The zero-order chi connectivity index (χ0) is 9.26. The molecule has 3 heteroatoms. The Hall–Kier alpha value is -0.120. The number of nitrogens with zero attached hydrogens (tertiary/aromatic N) is 1. The van der Waals surface area contributed by atoms with E-state index in [0.29, 0.717) is 6.04 Å². The highest BCUT2D eigenvalue weighted by Gasteiger charge is 2.35. The van der Waals surface area contributed by atoms with Crippen molar-refractivity contribution in [1.29, 1.82) is 0 Å². The van der Waals surface area contributed by atoms with Crippen LogP contribution in [0, 0.1) is 5.92 Å². The highest BCUT2D eigenvalue weighted by Crippen LogP contribution is 2.35. The van der Waals surface area contributed by atoms with Gasteiger partial charge in [-0.3, -0.25) is 4.90 Å². The second kappa shape index (κ2) is 3.95. The molecular weight excluding hydrogens is 164 g/mol. The molecule has 1 saturated heterocycles. The van der Waals surface area contributed by atoms with Crippen LogP contribution in [0.1, 0.15) is 25.7 Å². The molecule has 1 aliphatic heterocycles. The molecule has 0 aromatic carbocycles. The van der Waals surface area contributed by atoms with Crippen molar-refractivity contribution >= 4 is 0 Å². The first kappa shape index (κ1) is 9.44. The van der Waals surface area contributed by atoms with E-state index in [0.717, 1.165) is 38.4 Å². The molecule has 3 N–H and O–H groups in total. The van der Waals surface area contributed by atoms with Gasteiger partial charge in [0.1, 0.15) is 0 Å². The topological polar surface area (TPSA) is 49.5 Å². The second-order valence-electron chi connectivity index (χ2n) is 4.43. The summed E-state index contributed by atoms with van der Waals surface area (Å²) >= 11 is 0. The van der Waals surface area contributed by atoms with Crippen molar-refractivity contribution in [3.8, 4) is 0 Å². The summed E-state index contributed by atoms with van der Waals surface area (Å²) in [5.41, 5.74) is 5.77. The Morgan fingerprint density at radius 2 is 2.15 bits per heavy atom. The van der Waals surface area contributed by atoms with Crippen molar-refractivity contribution in [1.82, 2.24) is 4.90 Å². The Balaban J connectivity index is 1.88. The monoisotopic (exact) mass is 184 g/mol. The van der Waals surface area contributed by atoms with E-state index in [1.807, 2.05) is 0 Å². The van der Waals surface area contributed by atoms with Crippen LogP contribution in [0.15, 0.2) is 0 Å². The number of aliphatic hydroxyl groups is 1. The smallest absolute Gasteiger partial charge is 0.0667 e. The van der Waals surface area contributed by atoms with E-state index in [1.165, 1.54) is 12.8 Å². The van der Waals surface area contributed by atoms with Crippen LogP contribution in [0.5, 0.6) is 0 Å². The maximum atomic E-state index is 9.54. The Bertz CT molecular complexity index is 170. The van der Waals surface area contributed by atoms with E-state index in [-0.39, 0.29) is 6.10 Å². The van der Waals surface area contributed by atoms with Crippen LogP contribution in [0.3, 0.4) is 0 Å². The van der Waals surface area contributed by atoms with Crippen LogP contribution in [0.2, 0.25) is 0 Å². The first-order valence-corrected chi connectivity index (χ1v) is 5.43. The minimum atomic E-state index is -0.110. The first-order chi connectivity index (χ1) is 6.31. The molecular formula is C10H20N2O. The number of hydrogen-bond donors (Lipinski definition) is 2. The van der Waals surface area contributed by atoms with Gasteiger partial charge in [-0.15, -0.1) is 0 Å². The van der Waals surface area contributed by atoms with Gasteiger partial charge in [-0.05, 0) is 38.1 Å². The van der Waals surface area contributed by atoms with Crippen LogP contribution < -0.4 is 5.73 Å². The molecule has 0 bridgehead atoms. The number of nitrogens with two attached hydrogens (primary N) is 1. The number of aliphatic hydroxyl groups excluding tert-OH is 1. The van der Waals surface area contributed by atoms with Crippen molar-refractivity contribution in [2.45, 2.75) is 37.8 Å². The predicted octanol–water partition coefficient (Wildman–Crippen LogP) is 0.180. The molecule has 2 fully saturated rings. The molecule has 0 aromatic heterocycles. The van der Waals surface area contributed by atoms with E-state index in [2.05, 4.69) is 4.90 Å². The highest BCUT2D eigenvalue weighted by atomic mass is 16.3. The fourth-order valence-corrected chi connectivity index (χ4v) is 2.41. The van der Waals surface area contributed by atoms with Gasteiger partial charge >= 0.3 is 0 Å². The van der Waals surface area contributed by atoms with Crippen molar-refractivity contribution < 1.29 is 5.11 Å². The zero-order valence-electron chi connectivity index (χ0n) is 8.15. The molecule has 0 aromatic rings. The van der Waals surface area contributed by atoms with Crippen LogP contribution in [-0.2, 0) is 0 Å². The van der Waals surface area contributed by atoms with Gasteiger partial charge in [0, 0.05) is 19.1 Å². The molecule has 13 heavy (non-hydrogen) atoms. The molecule has 76 valence electrons. The summed E-state index contributed by atoms with van der Waals surface area (Å²) < 4.78 is 0. The minimum Gasteiger partial charge on any atom is -0.392 e. The standard InChI is InChI=1S/C10H20N2O/c11-6-10(8-3-4-8)12-5-1-2-9(13)7-12/h8-10,13H,1-7,11H2. The lowest BCUT2D eigenvalue weighted by atomic mass is 10.0. The fourth-order valence-electron chi connectivity index (χ4n) is 2.41. The number of piperidine rings is 1. The Kier molecular flexibility index (Phi) is 2.86. The average molecular weight is 184 g/mol. The first-order valence-electron chi connectivity index (χ1n) is 5.43. The molecule has 0 amide bonds. The molecule has 2 aliphatic rings. The van der Waals surface area contributed by atoms with Gasteiger partial charge in [-0.1, -0.05) is 0 Å². The summed E-state index contributed by atoms with van der Waals surface area (Å²) in [4.78, 5) is 2.39. The van der Waals surface area contributed by atoms with Crippen molar-refractivity contribution in [2.24, 2.45) is 11.7 Å². The average Bonchev–Trinajstić information content (AvgIpc) is 2.90. The summed E-state index contributed by atoms with van der Waals surface area (Å²) in [5.74, 6) is 0.829. The molecule has 2 unspecified atom stereocenters. The molecule has 0 spiro atoms. The van der Waals surface area contributed by atoms with Gasteiger partial charge < -0.3 is 10.8 Å². The highest BCUT2D eigenvalue weighted by molar-refractivity contribution is 4.90. The lowest BCUT2D eigenvalue weighted by molar-refractivity contribution is 0.0428. The van der Waals surface area contributed by atoms with Crippen molar-refractivity contribution in [3.63, 3.8) is 0 Å². The summed E-state index contributed by atoms with van der Waals surface area (Å²) in [6.45, 7) is 2.74. The third-order valence-electron chi connectivity index (χ3n) is 3.30. The summed E-state index contributed by atoms with van der Waals surface area (Å²) in [7, 11) is 0. The SMILES string of the molecule is NCC(C1CC1)N1CCCC(O)C1. The van der Waals surface area contributed by atoms with Crippen molar-refractivity contribution in [2.75, 3.05) is 19.6 Å². The van der Waals surface area contributed by atoms with Crippen LogP contribution in [0.4, 0.5) is 0 Å². The van der Waals surface area contributed by atoms with E-state index in [1.54, 1.807) is 0 Å². The zero-order valence-corrected chi connectivity index (χ0v) is 8.15. The molecule has 2 atom stereocenters.